The van der Waals surface area contributed by atoms with E-state index in [0.717, 1.165) is 26.2 Å². The summed E-state index contributed by atoms with van der Waals surface area (Å²) in [6.45, 7) is 6.52. The Hall–Kier alpha value is -0.120. The van der Waals surface area contributed by atoms with E-state index in [0.29, 0.717) is 0 Å². The van der Waals surface area contributed by atoms with Gasteiger partial charge in [-0.2, -0.15) is 0 Å². The van der Waals surface area contributed by atoms with Gasteiger partial charge in [0.15, 0.2) is 0 Å². The Labute approximate surface area is 62.6 Å². The van der Waals surface area contributed by atoms with Crippen LogP contribution in [0.15, 0.2) is 0 Å². The summed E-state index contributed by atoms with van der Waals surface area (Å²) in [4.78, 5) is 2.42. The standard InChI is InChI=1S/C7H17N3/c8-2-6-10-5-1-3-9-4-7-10/h9H,1-8H2. The van der Waals surface area contributed by atoms with Crippen LogP contribution in [0.5, 0.6) is 0 Å². The first-order valence-corrected chi connectivity index (χ1v) is 4.06. The van der Waals surface area contributed by atoms with E-state index in [1.807, 2.05) is 0 Å². The predicted molar refractivity (Wildman–Crippen MR) is 43.0 cm³/mol. The molecule has 0 aromatic carbocycles. The van der Waals surface area contributed by atoms with E-state index in [4.69, 9.17) is 5.73 Å². The smallest absolute Gasteiger partial charge is 0.0107 e. The Bertz CT molecular complexity index is 76.9. The fraction of sp³-hybridized carbons (Fsp3) is 1.00. The summed E-state index contributed by atoms with van der Waals surface area (Å²) in [5.41, 5.74) is 5.45. The Kier molecular flexibility index (Phi) is 3.72. The minimum atomic E-state index is 0.792. The second kappa shape index (κ2) is 4.66. The first kappa shape index (κ1) is 7.98. The van der Waals surface area contributed by atoms with Crippen molar-refractivity contribution in [2.45, 2.75) is 6.42 Å². The third-order valence-electron chi connectivity index (χ3n) is 1.88. The van der Waals surface area contributed by atoms with Crippen molar-refractivity contribution in [3.05, 3.63) is 0 Å². The van der Waals surface area contributed by atoms with E-state index in [1.165, 1.54) is 19.5 Å². The summed E-state index contributed by atoms with van der Waals surface area (Å²) in [5, 5.41) is 3.35. The van der Waals surface area contributed by atoms with E-state index in [1.54, 1.807) is 0 Å². The molecule has 10 heavy (non-hydrogen) atoms. The van der Waals surface area contributed by atoms with Crippen molar-refractivity contribution in [3.63, 3.8) is 0 Å². The highest BCUT2D eigenvalue weighted by molar-refractivity contribution is 4.65. The van der Waals surface area contributed by atoms with Crippen molar-refractivity contribution < 1.29 is 0 Å². The lowest BCUT2D eigenvalue weighted by Crippen LogP contribution is -2.32. The minimum absolute atomic E-state index is 0.792. The van der Waals surface area contributed by atoms with Gasteiger partial charge in [0, 0.05) is 26.2 Å². The van der Waals surface area contributed by atoms with Crippen LogP contribution in [-0.2, 0) is 0 Å². The van der Waals surface area contributed by atoms with Gasteiger partial charge in [-0.3, -0.25) is 0 Å². The number of nitrogens with one attached hydrogen (secondary N) is 1. The quantitative estimate of drug-likeness (QED) is 0.534. The number of hydrogen-bond acceptors (Lipinski definition) is 3. The summed E-state index contributed by atoms with van der Waals surface area (Å²) in [5.74, 6) is 0. The third kappa shape index (κ3) is 2.64. The summed E-state index contributed by atoms with van der Waals surface area (Å²) < 4.78 is 0. The SMILES string of the molecule is NCCN1CCCNCC1. The predicted octanol–water partition coefficient (Wildman–Crippen LogP) is -0.760. The Balaban J connectivity index is 2.15. The Morgan fingerprint density at radius 1 is 1.30 bits per heavy atom. The van der Waals surface area contributed by atoms with Crippen molar-refractivity contribution in [2.75, 3.05) is 39.3 Å². The fourth-order valence-corrected chi connectivity index (χ4v) is 1.31. The molecule has 0 amide bonds. The van der Waals surface area contributed by atoms with Crippen LogP contribution in [0.3, 0.4) is 0 Å². The molecule has 0 aromatic rings. The average Bonchev–Trinajstić information content (AvgIpc) is 2.17. The second-order valence-electron chi connectivity index (χ2n) is 2.73. The maximum atomic E-state index is 5.45. The van der Waals surface area contributed by atoms with Crippen LogP contribution in [0.2, 0.25) is 0 Å². The molecule has 0 saturated carbocycles. The first-order valence-electron chi connectivity index (χ1n) is 4.06. The van der Waals surface area contributed by atoms with Gasteiger partial charge in [-0.25, -0.2) is 0 Å². The third-order valence-corrected chi connectivity index (χ3v) is 1.88. The van der Waals surface area contributed by atoms with E-state index >= 15 is 0 Å². The van der Waals surface area contributed by atoms with Crippen molar-refractivity contribution in [3.8, 4) is 0 Å². The van der Waals surface area contributed by atoms with Crippen molar-refractivity contribution in [2.24, 2.45) is 5.73 Å². The van der Waals surface area contributed by atoms with Crippen LogP contribution in [-0.4, -0.2) is 44.2 Å². The van der Waals surface area contributed by atoms with Gasteiger partial charge in [0.1, 0.15) is 0 Å². The van der Waals surface area contributed by atoms with Crippen molar-refractivity contribution >= 4 is 0 Å². The largest absolute Gasteiger partial charge is 0.329 e. The van der Waals surface area contributed by atoms with Crippen LogP contribution in [0.4, 0.5) is 0 Å². The minimum Gasteiger partial charge on any atom is -0.329 e. The Morgan fingerprint density at radius 3 is 3.00 bits per heavy atom. The molecule has 1 heterocycles. The van der Waals surface area contributed by atoms with Crippen LogP contribution >= 0.6 is 0 Å². The number of rotatable bonds is 2. The highest BCUT2D eigenvalue weighted by Gasteiger charge is 2.05. The summed E-state index contributed by atoms with van der Waals surface area (Å²) in [6, 6.07) is 0. The molecule has 0 aromatic heterocycles. The van der Waals surface area contributed by atoms with Gasteiger partial charge in [0.25, 0.3) is 0 Å². The maximum absolute atomic E-state index is 5.45. The van der Waals surface area contributed by atoms with Gasteiger partial charge in [-0.05, 0) is 19.5 Å². The molecule has 0 bridgehead atoms. The highest BCUT2D eigenvalue weighted by atomic mass is 15.2. The molecule has 0 aliphatic carbocycles. The Morgan fingerprint density at radius 2 is 2.20 bits per heavy atom. The molecule has 0 unspecified atom stereocenters. The van der Waals surface area contributed by atoms with Gasteiger partial charge in [0.2, 0.25) is 0 Å². The van der Waals surface area contributed by atoms with E-state index in [2.05, 4.69) is 10.2 Å². The van der Waals surface area contributed by atoms with Crippen LogP contribution < -0.4 is 11.1 Å². The molecule has 0 spiro atoms. The normalized spacial score (nSPS) is 22.5. The average molecular weight is 143 g/mol. The zero-order valence-corrected chi connectivity index (χ0v) is 6.47. The van der Waals surface area contributed by atoms with Crippen molar-refractivity contribution in [1.29, 1.82) is 0 Å². The molecule has 60 valence electrons. The first-order chi connectivity index (χ1) is 4.93. The molecule has 3 nitrogen and oxygen atoms in total. The summed E-state index contributed by atoms with van der Waals surface area (Å²) in [7, 11) is 0. The van der Waals surface area contributed by atoms with Gasteiger partial charge < -0.3 is 16.0 Å². The fourth-order valence-electron chi connectivity index (χ4n) is 1.31. The number of hydrogen-bond donors (Lipinski definition) is 2. The summed E-state index contributed by atoms with van der Waals surface area (Å²) in [6.07, 6.45) is 1.26. The molecule has 1 saturated heterocycles. The lowest BCUT2D eigenvalue weighted by atomic mass is 10.4. The molecule has 1 aliphatic heterocycles. The number of nitrogens with two attached hydrogens (primary N) is 1. The molecule has 3 heteroatoms. The highest BCUT2D eigenvalue weighted by Crippen LogP contribution is 1.92. The van der Waals surface area contributed by atoms with E-state index in [9.17, 15) is 0 Å². The topological polar surface area (TPSA) is 41.3 Å². The van der Waals surface area contributed by atoms with Crippen LogP contribution in [0.25, 0.3) is 0 Å². The molecule has 1 aliphatic rings. The lowest BCUT2D eigenvalue weighted by molar-refractivity contribution is 0.301. The molecule has 0 radical (unpaired) electrons. The second-order valence-corrected chi connectivity index (χ2v) is 2.73. The zero-order chi connectivity index (χ0) is 7.23. The lowest BCUT2D eigenvalue weighted by Gasteiger charge is -2.17. The van der Waals surface area contributed by atoms with Gasteiger partial charge in [0.05, 0.1) is 0 Å². The monoisotopic (exact) mass is 143 g/mol. The van der Waals surface area contributed by atoms with Crippen LogP contribution in [0, 0.1) is 0 Å². The summed E-state index contributed by atoms with van der Waals surface area (Å²) >= 11 is 0. The molecular weight excluding hydrogens is 126 g/mol. The number of nitrogens with zero attached hydrogens (tertiary/aromatic N) is 1. The molecule has 1 fully saturated rings. The molecular formula is C7H17N3. The molecule has 3 N–H and O–H groups in total. The zero-order valence-electron chi connectivity index (χ0n) is 6.47. The van der Waals surface area contributed by atoms with E-state index < -0.39 is 0 Å². The van der Waals surface area contributed by atoms with Crippen LogP contribution in [0.1, 0.15) is 6.42 Å². The van der Waals surface area contributed by atoms with Gasteiger partial charge in [-0.1, -0.05) is 0 Å². The van der Waals surface area contributed by atoms with Crippen molar-refractivity contribution in [1.82, 2.24) is 10.2 Å². The van der Waals surface area contributed by atoms with E-state index in [-0.39, 0.29) is 0 Å². The molecule has 0 atom stereocenters. The van der Waals surface area contributed by atoms with Gasteiger partial charge in [-0.15, -0.1) is 0 Å². The molecule has 1 rings (SSSR count). The van der Waals surface area contributed by atoms with Gasteiger partial charge >= 0.3 is 0 Å². The maximum Gasteiger partial charge on any atom is 0.0107 e.